The zero-order valence-electron chi connectivity index (χ0n) is 25.1. The van der Waals surface area contributed by atoms with E-state index in [1.54, 1.807) is 18.1 Å². The van der Waals surface area contributed by atoms with Crippen molar-refractivity contribution < 1.29 is 13.6 Å². The van der Waals surface area contributed by atoms with Crippen LogP contribution in [-0.4, -0.2) is 53.8 Å². The van der Waals surface area contributed by atoms with E-state index in [0.717, 1.165) is 4.90 Å². The topological polar surface area (TPSA) is 97.3 Å². The minimum absolute atomic E-state index is 0.0383. The van der Waals surface area contributed by atoms with E-state index in [1.165, 1.54) is 6.33 Å². The van der Waals surface area contributed by atoms with Crippen molar-refractivity contribution in [3.8, 4) is 0 Å². The van der Waals surface area contributed by atoms with E-state index >= 15 is 0 Å². The van der Waals surface area contributed by atoms with Gasteiger partial charge in [-0.25, -0.2) is 15.0 Å². The molecule has 11 heteroatoms. The maximum atomic E-state index is 7.10. The third kappa shape index (κ3) is 6.28. The summed E-state index contributed by atoms with van der Waals surface area (Å²) in [5.41, 5.74) is 7.35. The highest BCUT2D eigenvalue weighted by Crippen LogP contribution is 2.52. The van der Waals surface area contributed by atoms with E-state index in [4.69, 9.17) is 19.3 Å². The summed E-state index contributed by atoms with van der Waals surface area (Å²) in [4.78, 5) is 13.7. The fraction of sp³-hybridized carbons (Fsp3) is 0.607. The molecule has 0 amide bonds. The van der Waals surface area contributed by atoms with Crippen molar-refractivity contribution in [1.82, 2.24) is 19.5 Å². The molecule has 2 N–H and O–H groups in total. The Balaban J connectivity index is 1.79. The fourth-order valence-electron chi connectivity index (χ4n) is 4.10. The Bertz CT molecular complexity index is 1290. The lowest BCUT2D eigenvalue weighted by Crippen LogP contribution is -2.46. The Kier molecular flexibility index (Phi) is 8.18. The lowest BCUT2D eigenvalue weighted by Gasteiger charge is -2.40. The van der Waals surface area contributed by atoms with Gasteiger partial charge in [0.2, 0.25) is 0 Å². The van der Waals surface area contributed by atoms with Gasteiger partial charge in [-0.05, 0) is 48.4 Å². The molecule has 0 spiro atoms. The largest absolute Gasteiger partial charge is 0.413 e. The average molecular weight is 588 g/mol. The van der Waals surface area contributed by atoms with Crippen LogP contribution in [0.15, 0.2) is 47.9 Å². The monoisotopic (exact) mass is 587 g/mol. The predicted octanol–water partition coefficient (Wildman–Crippen LogP) is 7.23. The number of nitrogens with two attached hydrogens (primary N) is 1. The first-order valence-corrected chi connectivity index (χ1v) is 20.2. The minimum atomic E-state index is -2.16. The molecule has 4 rings (SSSR count). The lowest BCUT2D eigenvalue weighted by atomic mass is 10.2. The number of benzene rings is 1. The Morgan fingerprint density at radius 1 is 1.00 bits per heavy atom. The van der Waals surface area contributed by atoms with E-state index in [9.17, 15) is 0 Å². The molecular formula is C28H45N5O3SSi2. The molecule has 39 heavy (non-hydrogen) atoms. The minimum Gasteiger partial charge on any atom is -0.413 e. The molecule has 3 atom stereocenters. The van der Waals surface area contributed by atoms with Crippen LogP contribution in [0.25, 0.3) is 11.2 Å². The van der Waals surface area contributed by atoms with Crippen molar-refractivity contribution in [3.63, 3.8) is 0 Å². The molecular weight excluding hydrogens is 543 g/mol. The summed E-state index contributed by atoms with van der Waals surface area (Å²) in [5.74, 6) is 0.352. The molecule has 0 radical (unpaired) electrons. The highest BCUT2D eigenvalue weighted by Gasteiger charge is 2.53. The number of imidazole rings is 1. The molecule has 3 aromatic rings. The summed E-state index contributed by atoms with van der Waals surface area (Å²) in [6.45, 7) is 23.2. The Morgan fingerprint density at radius 3 is 2.26 bits per heavy atom. The second kappa shape index (κ2) is 10.6. The number of hydrogen-bond donors (Lipinski definition) is 1. The van der Waals surface area contributed by atoms with Crippen molar-refractivity contribution >= 4 is 45.4 Å². The third-order valence-electron chi connectivity index (χ3n) is 8.59. The molecule has 0 unspecified atom stereocenters. The standard InChI is InChI=1S/C28H45N5O3SSi2/c1-26(2,3)38(7,8)34-17-28(37-20-14-12-11-13-15-20)16-21(36-39(9,10)27(4,5)6)25(35-28)33-19-32-22-23(29)30-18-31-24(22)33/h11-15,18-19,21,25H,16-17H2,1-10H3,(H2,29,30,31)/t21-,25-,28+/m1/s1. The molecule has 0 saturated carbocycles. The highest BCUT2D eigenvalue weighted by molar-refractivity contribution is 8.00. The van der Waals surface area contributed by atoms with Crippen LogP contribution in [0, 0.1) is 0 Å². The fourth-order valence-corrected chi connectivity index (χ4v) is 7.77. The van der Waals surface area contributed by atoms with Crippen molar-refractivity contribution in [2.45, 2.75) is 106 Å². The Morgan fingerprint density at radius 2 is 1.64 bits per heavy atom. The second-order valence-corrected chi connectivity index (χ2v) is 24.6. The molecule has 1 aliphatic rings. The van der Waals surface area contributed by atoms with Gasteiger partial charge in [-0.2, -0.15) is 0 Å². The predicted molar refractivity (Wildman–Crippen MR) is 165 cm³/mol. The molecule has 1 aliphatic heterocycles. The number of hydrogen-bond acceptors (Lipinski definition) is 8. The highest BCUT2D eigenvalue weighted by atomic mass is 32.2. The van der Waals surface area contributed by atoms with E-state index in [2.05, 4.69) is 107 Å². The summed E-state index contributed by atoms with van der Waals surface area (Å²) < 4.78 is 23.0. The van der Waals surface area contributed by atoms with Crippen molar-refractivity contribution in [2.75, 3.05) is 12.3 Å². The molecule has 1 fully saturated rings. The average Bonchev–Trinajstić information content (AvgIpc) is 3.39. The summed E-state index contributed by atoms with van der Waals surface area (Å²) >= 11 is 1.72. The molecule has 8 nitrogen and oxygen atoms in total. The molecule has 214 valence electrons. The smallest absolute Gasteiger partial charge is 0.192 e. The van der Waals surface area contributed by atoms with Gasteiger partial charge >= 0.3 is 0 Å². The molecule has 1 saturated heterocycles. The zero-order chi connectivity index (χ0) is 28.9. The van der Waals surface area contributed by atoms with Gasteiger partial charge in [0.1, 0.15) is 16.8 Å². The van der Waals surface area contributed by atoms with Crippen LogP contribution in [0.5, 0.6) is 0 Å². The molecule has 0 bridgehead atoms. The van der Waals surface area contributed by atoms with Crippen LogP contribution in [0.3, 0.4) is 0 Å². The summed E-state index contributed by atoms with van der Waals surface area (Å²) in [6.07, 6.45) is 3.22. The van der Waals surface area contributed by atoms with Crippen molar-refractivity contribution in [1.29, 1.82) is 0 Å². The first kappa shape index (κ1) is 30.2. The normalized spacial score (nSPS) is 23.0. The maximum absolute atomic E-state index is 7.10. The number of nitrogen functional groups attached to an aromatic ring is 1. The van der Waals surface area contributed by atoms with Gasteiger partial charge in [-0.3, -0.25) is 4.57 Å². The zero-order valence-corrected chi connectivity index (χ0v) is 27.9. The lowest BCUT2D eigenvalue weighted by molar-refractivity contribution is -0.0595. The third-order valence-corrected chi connectivity index (χ3v) is 18.8. The van der Waals surface area contributed by atoms with E-state index in [-0.39, 0.29) is 16.2 Å². The van der Waals surface area contributed by atoms with Crippen LogP contribution in [0.2, 0.25) is 36.3 Å². The Labute approximate surface area is 239 Å². The number of rotatable bonds is 8. The van der Waals surface area contributed by atoms with Gasteiger partial charge < -0.3 is 19.3 Å². The van der Waals surface area contributed by atoms with Crippen molar-refractivity contribution in [2.24, 2.45) is 0 Å². The quantitative estimate of drug-likeness (QED) is 0.276. The Hall–Kier alpha value is -1.77. The number of thioether (sulfide) groups is 1. The van der Waals surface area contributed by atoms with Crippen LogP contribution in [0.1, 0.15) is 54.2 Å². The molecule has 2 aromatic heterocycles. The number of aromatic nitrogens is 4. The van der Waals surface area contributed by atoms with Crippen molar-refractivity contribution in [3.05, 3.63) is 43.0 Å². The number of fused-ring (bicyclic) bond motifs is 1. The number of anilines is 1. The maximum Gasteiger partial charge on any atom is 0.192 e. The van der Waals surface area contributed by atoms with E-state index in [1.807, 2.05) is 10.6 Å². The van der Waals surface area contributed by atoms with E-state index in [0.29, 0.717) is 30.0 Å². The second-order valence-electron chi connectivity index (χ2n) is 13.6. The van der Waals surface area contributed by atoms with Crippen LogP contribution in [-0.2, 0) is 13.6 Å². The number of nitrogens with zero attached hydrogens (tertiary/aromatic N) is 4. The van der Waals surface area contributed by atoms with Gasteiger partial charge in [0.25, 0.3) is 0 Å². The molecule has 3 heterocycles. The van der Waals surface area contributed by atoms with Gasteiger partial charge in [0, 0.05) is 11.3 Å². The summed E-state index contributed by atoms with van der Waals surface area (Å²) in [6, 6.07) is 10.4. The summed E-state index contributed by atoms with van der Waals surface area (Å²) in [7, 11) is -4.22. The van der Waals surface area contributed by atoms with Crippen LogP contribution >= 0.6 is 11.8 Å². The number of ether oxygens (including phenoxy) is 1. The first-order chi connectivity index (χ1) is 17.9. The van der Waals surface area contributed by atoms with Crippen LogP contribution in [0.4, 0.5) is 5.82 Å². The first-order valence-electron chi connectivity index (χ1n) is 13.6. The molecule has 1 aromatic carbocycles. The van der Waals surface area contributed by atoms with Gasteiger partial charge in [0.05, 0.1) is 19.0 Å². The van der Waals surface area contributed by atoms with E-state index < -0.39 is 27.8 Å². The van der Waals surface area contributed by atoms with Crippen LogP contribution < -0.4 is 5.73 Å². The van der Waals surface area contributed by atoms with Gasteiger partial charge in [-0.15, -0.1) is 0 Å². The van der Waals surface area contributed by atoms with Gasteiger partial charge in [0.15, 0.2) is 34.3 Å². The SMILES string of the molecule is CC(C)(C)[Si](C)(C)OC[C@@]1(Sc2ccccc2)C[C@@H](O[Si](C)(C)C(C)(C)C)[C@H](n2cnc3c(N)ncnc32)O1. The molecule has 0 aliphatic carbocycles. The summed E-state index contributed by atoms with van der Waals surface area (Å²) in [5, 5.41) is 0.117. The van der Waals surface area contributed by atoms with Gasteiger partial charge in [-0.1, -0.05) is 71.5 Å².